The van der Waals surface area contributed by atoms with Crippen LogP contribution in [0.5, 0.6) is 0 Å². The van der Waals surface area contributed by atoms with Crippen molar-refractivity contribution < 1.29 is 4.74 Å². The van der Waals surface area contributed by atoms with E-state index < -0.39 is 0 Å². The molecule has 0 aliphatic rings. The highest BCUT2D eigenvalue weighted by Crippen LogP contribution is 2.25. The number of fused-ring (bicyclic) bond motifs is 1. The van der Waals surface area contributed by atoms with Gasteiger partial charge in [-0.05, 0) is 29.3 Å². The molecule has 2 aromatic rings. The molecule has 1 aromatic carbocycles. The van der Waals surface area contributed by atoms with Crippen molar-refractivity contribution in [2.45, 2.75) is 6.61 Å². The van der Waals surface area contributed by atoms with Crippen molar-refractivity contribution in [3.8, 4) is 0 Å². The van der Waals surface area contributed by atoms with Crippen molar-refractivity contribution in [3.63, 3.8) is 0 Å². The Hall–Kier alpha value is -0.860. The minimum Gasteiger partial charge on any atom is -0.377 e. The van der Waals surface area contributed by atoms with E-state index in [1.165, 1.54) is 15.6 Å². The van der Waals surface area contributed by atoms with E-state index in [1.807, 2.05) is 0 Å². The second kappa shape index (κ2) is 3.90. The highest BCUT2D eigenvalue weighted by Gasteiger charge is 2.01. The largest absolute Gasteiger partial charge is 0.377 e. The molecule has 1 radical (unpaired) electrons. The molecule has 1 nitrogen and oxygen atoms in total. The summed E-state index contributed by atoms with van der Waals surface area (Å²) < 4.78 is 6.61. The van der Waals surface area contributed by atoms with Gasteiger partial charge in [-0.2, -0.15) is 0 Å². The summed E-state index contributed by atoms with van der Waals surface area (Å²) in [5.41, 5.74) is 1.27. The molecule has 0 atom stereocenters. The average Bonchev–Trinajstić information content (AvgIpc) is 2.58. The van der Waals surface area contributed by atoms with Crippen LogP contribution in [0.3, 0.4) is 0 Å². The monoisotopic (exact) mass is 191 g/mol. The zero-order valence-electron chi connectivity index (χ0n) is 7.32. The third-order valence-electron chi connectivity index (χ3n) is 1.96. The number of thiophene rings is 1. The van der Waals surface area contributed by atoms with E-state index in [1.54, 1.807) is 11.3 Å². The summed E-state index contributed by atoms with van der Waals surface area (Å²) in [5.74, 6) is 0. The predicted octanol–water partition coefficient (Wildman–Crippen LogP) is 3.25. The molecule has 2 rings (SSSR count). The molecule has 0 amide bonds. The fourth-order valence-corrected chi connectivity index (χ4v) is 2.27. The van der Waals surface area contributed by atoms with Gasteiger partial charge in [0.15, 0.2) is 0 Å². The molecule has 1 aromatic heterocycles. The number of ether oxygens (including phenoxy) is 1. The molecule has 0 saturated heterocycles. The summed E-state index contributed by atoms with van der Waals surface area (Å²) >= 11 is 1.76. The van der Waals surface area contributed by atoms with Crippen molar-refractivity contribution in [1.29, 1.82) is 0 Å². The zero-order valence-corrected chi connectivity index (χ0v) is 8.14. The van der Waals surface area contributed by atoms with E-state index in [0.29, 0.717) is 13.2 Å². The van der Waals surface area contributed by atoms with Crippen LogP contribution < -0.4 is 0 Å². The first-order valence-electron chi connectivity index (χ1n) is 4.24. The highest BCUT2D eigenvalue weighted by atomic mass is 32.1. The molecule has 0 aliphatic heterocycles. The van der Waals surface area contributed by atoms with Gasteiger partial charge in [-0.15, -0.1) is 11.3 Å². The molecule has 0 aliphatic carbocycles. The SMILES string of the molecule is [CH2]COCc1csc2ccccc12. The molecule has 1 heterocycles. The molecular weight excluding hydrogens is 180 g/mol. The molecule has 0 spiro atoms. The summed E-state index contributed by atoms with van der Waals surface area (Å²) in [7, 11) is 0. The van der Waals surface area contributed by atoms with E-state index in [4.69, 9.17) is 4.74 Å². The summed E-state index contributed by atoms with van der Waals surface area (Å²) in [6.07, 6.45) is 0. The van der Waals surface area contributed by atoms with Gasteiger partial charge in [0.2, 0.25) is 0 Å². The van der Waals surface area contributed by atoms with Gasteiger partial charge >= 0.3 is 0 Å². The number of hydrogen-bond donors (Lipinski definition) is 0. The summed E-state index contributed by atoms with van der Waals surface area (Å²) in [4.78, 5) is 0. The fourth-order valence-electron chi connectivity index (χ4n) is 1.33. The van der Waals surface area contributed by atoms with Gasteiger partial charge < -0.3 is 4.74 Å². The lowest BCUT2D eigenvalue weighted by Crippen LogP contribution is -1.89. The zero-order chi connectivity index (χ0) is 9.10. The maximum atomic E-state index is 5.28. The second-order valence-electron chi connectivity index (χ2n) is 2.81. The van der Waals surface area contributed by atoms with E-state index >= 15 is 0 Å². The minimum absolute atomic E-state index is 0.532. The average molecular weight is 191 g/mol. The predicted molar refractivity (Wildman–Crippen MR) is 56.8 cm³/mol. The van der Waals surface area contributed by atoms with Crippen molar-refractivity contribution in [1.82, 2.24) is 0 Å². The molecule has 0 N–H and O–H groups in total. The molecule has 13 heavy (non-hydrogen) atoms. The van der Waals surface area contributed by atoms with Gasteiger partial charge in [-0.25, -0.2) is 0 Å². The molecule has 0 unspecified atom stereocenters. The lowest BCUT2D eigenvalue weighted by molar-refractivity contribution is 0.148. The van der Waals surface area contributed by atoms with E-state index in [0.717, 1.165) is 0 Å². The van der Waals surface area contributed by atoms with Gasteiger partial charge in [0.05, 0.1) is 6.61 Å². The highest BCUT2D eigenvalue weighted by molar-refractivity contribution is 7.17. The first-order valence-corrected chi connectivity index (χ1v) is 5.12. The van der Waals surface area contributed by atoms with Gasteiger partial charge in [-0.1, -0.05) is 18.2 Å². The Morgan fingerprint density at radius 1 is 1.31 bits per heavy atom. The lowest BCUT2D eigenvalue weighted by Gasteiger charge is -1.98. The maximum absolute atomic E-state index is 5.28. The van der Waals surface area contributed by atoms with Crippen LogP contribution >= 0.6 is 11.3 Å². The van der Waals surface area contributed by atoms with Gasteiger partial charge in [0, 0.05) is 11.3 Å². The lowest BCUT2D eigenvalue weighted by atomic mass is 10.2. The van der Waals surface area contributed by atoms with Crippen LogP contribution in [0.4, 0.5) is 0 Å². The first kappa shape index (κ1) is 8.73. The third kappa shape index (κ3) is 1.74. The Labute approximate surface area is 82.0 Å². The van der Waals surface area contributed by atoms with Gasteiger partial charge in [0.1, 0.15) is 0 Å². The van der Waals surface area contributed by atoms with Crippen LogP contribution in [0.25, 0.3) is 10.1 Å². The third-order valence-corrected chi connectivity index (χ3v) is 2.98. The minimum atomic E-state index is 0.532. The Kier molecular flexibility index (Phi) is 2.62. The van der Waals surface area contributed by atoms with Crippen LogP contribution in [-0.4, -0.2) is 6.61 Å². The topological polar surface area (TPSA) is 9.23 Å². The number of hydrogen-bond acceptors (Lipinski definition) is 2. The summed E-state index contributed by atoms with van der Waals surface area (Å²) in [5, 5.41) is 3.46. The van der Waals surface area contributed by atoms with Crippen molar-refractivity contribution in [2.75, 3.05) is 6.61 Å². The quantitative estimate of drug-likeness (QED) is 0.723. The second-order valence-corrected chi connectivity index (χ2v) is 3.72. The molecule has 2 heteroatoms. The Morgan fingerprint density at radius 2 is 2.15 bits per heavy atom. The van der Waals surface area contributed by atoms with Crippen LogP contribution in [0.15, 0.2) is 29.6 Å². The molecule has 67 valence electrons. The smallest absolute Gasteiger partial charge is 0.0730 e. The Morgan fingerprint density at radius 3 is 3.00 bits per heavy atom. The van der Waals surface area contributed by atoms with Crippen molar-refractivity contribution >= 4 is 21.4 Å². The van der Waals surface area contributed by atoms with Crippen LogP contribution in [-0.2, 0) is 11.3 Å². The first-order chi connectivity index (χ1) is 6.42. The van der Waals surface area contributed by atoms with Crippen LogP contribution in [0.1, 0.15) is 5.56 Å². The molecule has 0 bridgehead atoms. The normalized spacial score (nSPS) is 10.8. The summed E-state index contributed by atoms with van der Waals surface area (Å²) in [6, 6.07) is 8.38. The van der Waals surface area contributed by atoms with Crippen LogP contribution in [0, 0.1) is 6.92 Å². The maximum Gasteiger partial charge on any atom is 0.0730 e. The van der Waals surface area contributed by atoms with Crippen molar-refractivity contribution in [3.05, 3.63) is 42.1 Å². The van der Waals surface area contributed by atoms with Gasteiger partial charge in [-0.3, -0.25) is 0 Å². The van der Waals surface area contributed by atoms with E-state index in [-0.39, 0.29) is 0 Å². The van der Waals surface area contributed by atoms with E-state index in [2.05, 4.69) is 36.6 Å². The van der Waals surface area contributed by atoms with Gasteiger partial charge in [0.25, 0.3) is 0 Å². The molecular formula is C11H11OS. The molecule has 0 saturated carbocycles. The van der Waals surface area contributed by atoms with Crippen LogP contribution in [0.2, 0.25) is 0 Å². The standard InChI is InChI=1S/C11H11OS/c1-2-12-7-9-8-13-11-6-4-3-5-10(9)11/h3-6,8H,1-2,7H2. The Bertz CT molecular complexity index is 392. The number of rotatable bonds is 3. The Balaban J connectivity index is 2.35. The molecule has 0 fully saturated rings. The van der Waals surface area contributed by atoms with E-state index in [9.17, 15) is 0 Å². The summed E-state index contributed by atoms with van der Waals surface area (Å²) in [6.45, 7) is 4.85. The van der Waals surface area contributed by atoms with Crippen molar-refractivity contribution in [2.24, 2.45) is 0 Å². The number of benzene rings is 1. The fraction of sp³-hybridized carbons (Fsp3) is 0.182.